The van der Waals surface area contributed by atoms with E-state index in [1.807, 2.05) is 23.5 Å². The highest BCUT2D eigenvalue weighted by Crippen LogP contribution is 2.28. The van der Waals surface area contributed by atoms with Gasteiger partial charge in [0.15, 0.2) is 0 Å². The fraction of sp³-hybridized carbons (Fsp3) is 0.200. The average Bonchev–Trinajstić information content (AvgIpc) is 2.29. The molecule has 2 aromatic rings. The van der Waals surface area contributed by atoms with Gasteiger partial charge in [0.25, 0.3) is 0 Å². The Kier molecular flexibility index (Phi) is 4.57. The number of hydrogen-bond donors (Lipinski definition) is 0. The second-order valence-corrected chi connectivity index (χ2v) is 6.50. The Bertz CT molecular complexity index is 446. The van der Waals surface area contributed by atoms with Crippen LogP contribution in [0.15, 0.2) is 58.3 Å². The Labute approximate surface area is 112 Å². The van der Waals surface area contributed by atoms with Gasteiger partial charge >= 0.3 is 0 Å². The van der Waals surface area contributed by atoms with Crippen molar-refractivity contribution in [3.63, 3.8) is 0 Å². The van der Waals surface area contributed by atoms with Crippen LogP contribution in [0.5, 0.6) is 0 Å². The molecule has 0 aliphatic carbocycles. The summed E-state index contributed by atoms with van der Waals surface area (Å²) >= 11 is 3.80. The van der Waals surface area contributed by atoms with Crippen LogP contribution in [0.25, 0.3) is 0 Å². The second kappa shape index (κ2) is 6.18. The van der Waals surface area contributed by atoms with Gasteiger partial charge in [0, 0.05) is 14.9 Å². The predicted molar refractivity (Wildman–Crippen MR) is 78.9 cm³/mol. The first-order valence-electron chi connectivity index (χ1n) is 5.63. The predicted octanol–water partition coefficient (Wildman–Crippen LogP) is 5.15. The molecule has 0 fully saturated rings. The lowest BCUT2D eigenvalue weighted by atomic mass is 10.2. The zero-order valence-electron chi connectivity index (χ0n) is 10.1. The molecule has 0 saturated heterocycles. The van der Waals surface area contributed by atoms with Crippen molar-refractivity contribution in [3.05, 3.63) is 59.7 Å². The topological polar surface area (TPSA) is 0 Å². The summed E-state index contributed by atoms with van der Waals surface area (Å²) in [6.45, 7) is 4.27. The molecule has 0 nitrogen and oxygen atoms in total. The Morgan fingerprint density at radius 2 is 1.24 bits per heavy atom. The van der Waals surface area contributed by atoms with Gasteiger partial charge in [0.1, 0.15) is 0 Å². The normalized spacial score (nSPS) is 10.5. The first-order chi connectivity index (χ1) is 8.24. The Hall–Kier alpha value is -0.860. The third kappa shape index (κ3) is 4.14. The molecule has 17 heavy (non-hydrogen) atoms. The van der Waals surface area contributed by atoms with E-state index >= 15 is 0 Å². The van der Waals surface area contributed by atoms with E-state index in [0.29, 0.717) is 0 Å². The largest absolute Gasteiger partial charge is 0.115 e. The summed E-state index contributed by atoms with van der Waals surface area (Å²) in [5.74, 6) is 0. The first-order valence-corrected chi connectivity index (χ1v) is 7.60. The van der Waals surface area contributed by atoms with Crippen LogP contribution in [-0.4, -0.2) is 5.08 Å². The highest BCUT2D eigenvalue weighted by Gasteiger charge is 1.97. The van der Waals surface area contributed by atoms with Crippen molar-refractivity contribution < 1.29 is 0 Å². The SMILES string of the molecule is Cc1cccc(SCSc2cccc(C)c2)c1. The molecule has 0 aliphatic rings. The molecule has 0 radical (unpaired) electrons. The molecule has 0 bridgehead atoms. The lowest BCUT2D eigenvalue weighted by molar-refractivity contribution is 1.36. The van der Waals surface area contributed by atoms with Crippen molar-refractivity contribution in [1.82, 2.24) is 0 Å². The summed E-state index contributed by atoms with van der Waals surface area (Å²) in [7, 11) is 0. The molecule has 0 unspecified atom stereocenters. The molecule has 0 spiro atoms. The molecule has 2 aromatic carbocycles. The summed E-state index contributed by atoms with van der Waals surface area (Å²) in [6, 6.07) is 17.3. The molecular formula is C15H16S2. The van der Waals surface area contributed by atoms with Crippen LogP contribution < -0.4 is 0 Å². The van der Waals surface area contributed by atoms with E-state index in [-0.39, 0.29) is 0 Å². The number of benzene rings is 2. The maximum absolute atomic E-state index is 2.24. The zero-order chi connectivity index (χ0) is 12.1. The van der Waals surface area contributed by atoms with Crippen molar-refractivity contribution in [2.24, 2.45) is 0 Å². The van der Waals surface area contributed by atoms with E-state index in [4.69, 9.17) is 0 Å². The van der Waals surface area contributed by atoms with Crippen LogP contribution in [0.1, 0.15) is 11.1 Å². The molecule has 0 heterocycles. The number of aryl methyl sites for hydroxylation is 2. The summed E-state index contributed by atoms with van der Waals surface area (Å²) in [6.07, 6.45) is 0. The fourth-order valence-electron chi connectivity index (χ4n) is 1.58. The van der Waals surface area contributed by atoms with E-state index in [0.717, 1.165) is 5.08 Å². The van der Waals surface area contributed by atoms with Gasteiger partial charge < -0.3 is 0 Å². The molecular weight excluding hydrogens is 244 g/mol. The molecule has 2 heteroatoms. The van der Waals surface area contributed by atoms with E-state index in [2.05, 4.69) is 62.4 Å². The second-order valence-electron chi connectivity index (χ2n) is 4.04. The van der Waals surface area contributed by atoms with Crippen LogP contribution in [0.2, 0.25) is 0 Å². The monoisotopic (exact) mass is 260 g/mol. The highest BCUT2D eigenvalue weighted by molar-refractivity contribution is 8.16. The third-order valence-electron chi connectivity index (χ3n) is 2.43. The summed E-state index contributed by atoms with van der Waals surface area (Å²) < 4.78 is 0. The van der Waals surface area contributed by atoms with Gasteiger partial charge in [-0.1, -0.05) is 35.4 Å². The Morgan fingerprint density at radius 3 is 1.65 bits per heavy atom. The van der Waals surface area contributed by atoms with Gasteiger partial charge in [-0.25, -0.2) is 0 Å². The quantitative estimate of drug-likeness (QED) is 0.551. The molecule has 0 atom stereocenters. The van der Waals surface area contributed by atoms with Crippen molar-refractivity contribution in [1.29, 1.82) is 0 Å². The van der Waals surface area contributed by atoms with Crippen molar-refractivity contribution in [2.75, 3.05) is 5.08 Å². The van der Waals surface area contributed by atoms with E-state index in [1.165, 1.54) is 20.9 Å². The Morgan fingerprint density at radius 1 is 0.765 bits per heavy atom. The highest BCUT2D eigenvalue weighted by atomic mass is 32.2. The Balaban J connectivity index is 1.87. The summed E-state index contributed by atoms with van der Waals surface area (Å²) in [5.41, 5.74) is 2.66. The van der Waals surface area contributed by atoms with Gasteiger partial charge in [-0.05, 0) is 38.1 Å². The third-order valence-corrected chi connectivity index (χ3v) is 4.55. The molecule has 2 rings (SSSR count). The number of thioether (sulfide) groups is 2. The van der Waals surface area contributed by atoms with Gasteiger partial charge in [-0.3, -0.25) is 0 Å². The maximum atomic E-state index is 2.24. The van der Waals surface area contributed by atoms with Crippen molar-refractivity contribution in [3.8, 4) is 0 Å². The summed E-state index contributed by atoms with van der Waals surface area (Å²) in [4.78, 5) is 2.70. The summed E-state index contributed by atoms with van der Waals surface area (Å²) in [5, 5.41) is 1.06. The number of hydrogen-bond acceptors (Lipinski definition) is 2. The van der Waals surface area contributed by atoms with Gasteiger partial charge in [0.2, 0.25) is 0 Å². The average molecular weight is 260 g/mol. The first kappa shape index (κ1) is 12.6. The van der Waals surface area contributed by atoms with E-state index in [1.54, 1.807) is 0 Å². The van der Waals surface area contributed by atoms with Crippen molar-refractivity contribution >= 4 is 23.5 Å². The van der Waals surface area contributed by atoms with Gasteiger partial charge in [0.05, 0.1) is 0 Å². The van der Waals surface area contributed by atoms with Crippen LogP contribution in [0.4, 0.5) is 0 Å². The smallest absolute Gasteiger partial charge is 0.0486 e. The molecule has 0 aliphatic heterocycles. The molecule has 88 valence electrons. The van der Waals surface area contributed by atoms with Crippen LogP contribution in [0.3, 0.4) is 0 Å². The fourth-order valence-corrected chi connectivity index (χ4v) is 3.79. The molecule has 0 saturated carbocycles. The molecule has 0 N–H and O–H groups in total. The van der Waals surface area contributed by atoms with Crippen LogP contribution in [0, 0.1) is 13.8 Å². The lowest BCUT2D eigenvalue weighted by Gasteiger charge is -2.03. The van der Waals surface area contributed by atoms with E-state index < -0.39 is 0 Å². The molecule has 0 amide bonds. The van der Waals surface area contributed by atoms with Crippen LogP contribution in [-0.2, 0) is 0 Å². The number of rotatable bonds is 4. The standard InChI is InChI=1S/C15H16S2/c1-12-5-3-7-14(9-12)16-11-17-15-8-4-6-13(2)10-15/h3-10H,11H2,1-2H3. The van der Waals surface area contributed by atoms with Crippen LogP contribution >= 0.6 is 23.5 Å². The van der Waals surface area contributed by atoms with Gasteiger partial charge in [-0.15, -0.1) is 23.5 Å². The zero-order valence-corrected chi connectivity index (χ0v) is 11.8. The van der Waals surface area contributed by atoms with E-state index in [9.17, 15) is 0 Å². The van der Waals surface area contributed by atoms with Gasteiger partial charge in [-0.2, -0.15) is 0 Å². The maximum Gasteiger partial charge on any atom is 0.0486 e. The van der Waals surface area contributed by atoms with Crippen molar-refractivity contribution in [2.45, 2.75) is 23.6 Å². The minimum absolute atomic E-state index is 1.06. The minimum atomic E-state index is 1.06. The lowest BCUT2D eigenvalue weighted by Crippen LogP contribution is -1.78. The molecule has 0 aromatic heterocycles. The minimum Gasteiger partial charge on any atom is -0.115 e.